The summed E-state index contributed by atoms with van der Waals surface area (Å²) < 4.78 is 67.7. The van der Waals surface area contributed by atoms with Crippen LogP contribution in [0, 0.1) is 5.92 Å². The Bertz CT molecular complexity index is 1570. The quantitative estimate of drug-likeness (QED) is 0.0222. The minimum atomic E-state index is -4.94. The van der Waals surface area contributed by atoms with Crippen molar-refractivity contribution in [3.8, 4) is 0 Å². The van der Waals surface area contributed by atoms with Gasteiger partial charge in [0.25, 0.3) is 0 Å². The molecule has 80 heavy (non-hydrogen) atoms. The summed E-state index contributed by atoms with van der Waals surface area (Å²) in [7, 11) is -9.87. The molecule has 5 atom stereocenters. The highest BCUT2D eigenvalue weighted by molar-refractivity contribution is 7.47. The molecule has 0 saturated carbocycles. The summed E-state index contributed by atoms with van der Waals surface area (Å²) in [4.78, 5) is 71.8. The highest BCUT2D eigenvalue weighted by Crippen LogP contribution is 2.45. The first-order valence-corrected chi connectivity index (χ1v) is 35.1. The molecule has 0 rings (SSSR count). The van der Waals surface area contributed by atoms with Gasteiger partial charge in [0.05, 0.1) is 26.4 Å². The molecule has 3 N–H and O–H groups in total. The molecule has 0 spiro atoms. The maximum absolute atomic E-state index is 12.9. The average Bonchev–Trinajstić information content (AvgIpc) is 3.42. The lowest BCUT2D eigenvalue weighted by molar-refractivity contribution is -0.161. The molecule has 0 aliphatic heterocycles. The minimum Gasteiger partial charge on any atom is -0.462 e. The lowest BCUT2D eigenvalue weighted by atomic mass is 10.0. The van der Waals surface area contributed by atoms with Crippen molar-refractivity contribution < 1.29 is 80.2 Å². The summed E-state index contributed by atoms with van der Waals surface area (Å²) in [5.74, 6) is -1.38. The lowest BCUT2D eigenvalue weighted by Gasteiger charge is -2.21. The van der Waals surface area contributed by atoms with E-state index in [0.717, 1.165) is 102 Å². The Balaban J connectivity index is 5.18. The summed E-state index contributed by atoms with van der Waals surface area (Å²) in [6.07, 6.45) is 37.9. The Morgan fingerprint density at radius 1 is 0.338 bits per heavy atom. The van der Waals surface area contributed by atoms with Crippen molar-refractivity contribution in [3.05, 3.63) is 0 Å². The van der Waals surface area contributed by atoms with Crippen molar-refractivity contribution in [2.45, 2.75) is 323 Å². The molecule has 19 heteroatoms. The van der Waals surface area contributed by atoms with Crippen LogP contribution in [0.25, 0.3) is 0 Å². The lowest BCUT2D eigenvalue weighted by Crippen LogP contribution is -2.30. The van der Waals surface area contributed by atoms with E-state index in [2.05, 4.69) is 34.6 Å². The van der Waals surface area contributed by atoms with Gasteiger partial charge >= 0.3 is 39.5 Å². The van der Waals surface area contributed by atoms with Gasteiger partial charge in [-0.1, -0.05) is 253 Å². The largest absolute Gasteiger partial charge is 0.472 e. The molecule has 0 fully saturated rings. The van der Waals surface area contributed by atoms with Crippen LogP contribution in [0.3, 0.4) is 0 Å². The molecule has 0 saturated heterocycles. The number of ether oxygens (including phenoxy) is 4. The van der Waals surface area contributed by atoms with Crippen LogP contribution in [0.15, 0.2) is 0 Å². The third kappa shape index (κ3) is 55.3. The third-order valence-corrected chi connectivity index (χ3v) is 15.9. The number of carbonyl (C=O) groups excluding carboxylic acids is 4. The van der Waals surface area contributed by atoms with E-state index in [1.807, 2.05) is 0 Å². The van der Waals surface area contributed by atoms with Crippen LogP contribution in [0.2, 0.25) is 0 Å². The Morgan fingerprint density at radius 2 is 0.575 bits per heavy atom. The van der Waals surface area contributed by atoms with E-state index in [1.54, 1.807) is 0 Å². The van der Waals surface area contributed by atoms with Gasteiger partial charge < -0.3 is 33.8 Å². The van der Waals surface area contributed by atoms with E-state index < -0.39 is 97.5 Å². The third-order valence-electron chi connectivity index (χ3n) is 14.0. The van der Waals surface area contributed by atoms with Crippen LogP contribution in [-0.2, 0) is 65.4 Å². The SMILES string of the molecule is CCCCCCCCCCCCCCC(=O)OC[C@H](COP(=O)(O)OC[C@@H](O)COP(=O)(O)OC[C@@H](COC(=O)CCCCCCC)OC(=O)CCCCCCCCCCC)OC(=O)CCCCCCCCCCCCCC(C)C. The van der Waals surface area contributed by atoms with Crippen molar-refractivity contribution >= 4 is 39.5 Å². The van der Waals surface area contributed by atoms with Crippen molar-refractivity contribution in [2.75, 3.05) is 39.6 Å². The first-order valence-electron chi connectivity index (χ1n) is 32.1. The molecule has 0 aliphatic rings. The predicted molar refractivity (Wildman–Crippen MR) is 317 cm³/mol. The molecule has 2 unspecified atom stereocenters. The Labute approximate surface area is 486 Å². The first-order chi connectivity index (χ1) is 38.5. The van der Waals surface area contributed by atoms with Gasteiger partial charge in [0.15, 0.2) is 12.2 Å². The highest BCUT2D eigenvalue weighted by Gasteiger charge is 2.30. The van der Waals surface area contributed by atoms with E-state index in [4.69, 9.17) is 37.0 Å². The summed E-state index contributed by atoms with van der Waals surface area (Å²) in [5.41, 5.74) is 0. The molecule has 0 aliphatic carbocycles. The molecule has 0 aromatic carbocycles. The number of unbranched alkanes of at least 4 members (excludes halogenated alkanes) is 33. The van der Waals surface area contributed by atoms with Gasteiger partial charge in [-0.2, -0.15) is 0 Å². The smallest absolute Gasteiger partial charge is 0.462 e. The van der Waals surface area contributed by atoms with E-state index >= 15 is 0 Å². The number of aliphatic hydroxyl groups excluding tert-OH is 1. The summed E-state index contributed by atoms with van der Waals surface area (Å²) in [6.45, 7) is 7.07. The number of phosphoric ester groups is 2. The van der Waals surface area contributed by atoms with Crippen LogP contribution in [-0.4, -0.2) is 96.7 Å². The predicted octanol–water partition coefficient (Wildman–Crippen LogP) is 16.6. The normalized spacial score (nSPS) is 14.3. The second-order valence-corrected chi connectivity index (χ2v) is 25.5. The van der Waals surface area contributed by atoms with Crippen molar-refractivity contribution in [1.29, 1.82) is 0 Å². The summed E-state index contributed by atoms with van der Waals surface area (Å²) >= 11 is 0. The monoisotopic (exact) mass is 1180 g/mol. The van der Waals surface area contributed by atoms with Gasteiger partial charge in [0.1, 0.15) is 19.3 Å². The molecule has 0 aromatic heterocycles. The zero-order valence-electron chi connectivity index (χ0n) is 51.2. The van der Waals surface area contributed by atoms with Gasteiger partial charge in [-0.3, -0.25) is 37.3 Å². The molecule has 0 amide bonds. The van der Waals surface area contributed by atoms with Crippen molar-refractivity contribution in [2.24, 2.45) is 5.92 Å². The zero-order chi connectivity index (χ0) is 59.2. The van der Waals surface area contributed by atoms with E-state index in [9.17, 15) is 43.2 Å². The van der Waals surface area contributed by atoms with Crippen LogP contribution >= 0.6 is 15.6 Å². The second-order valence-electron chi connectivity index (χ2n) is 22.6. The van der Waals surface area contributed by atoms with Crippen molar-refractivity contribution in [3.63, 3.8) is 0 Å². The van der Waals surface area contributed by atoms with E-state index in [0.29, 0.717) is 25.7 Å². The number of hydrogen-bond acceptors (Lipinski definition) is 15. The Kier molecular flexibility index (Phi) is 53.6. The van der Waals surface area contributed by atoms with Gasteiger partial charge in [-0.15, -0.1) is 0 Å². The van der Waals surface area contributed by atoms with Gasteiger partial charge in [0, 0.05) is 25.7 Å². The molecule has 0 heterocycles. The van der Waals surface area contributed by atoms with Crippen LogP contribution in [0.5, 0.6) is 0 Å². The zero-order valence-corrected chi connectivity index (χ0v) is 53.0. The molecule has 474 valence electrons. The fourth-order valence-electron chi connectivity index (χ4n) is 9.05. The summed E-state index contributed by atoms with van der Waals surface area (Å²) in [6, 6.07) is 0. The van der Waals surface area contributed by atoms with E-state index in [-0.39, 0.29) is 25.7 Å². The van der Waals surface area contributed by atoms with Gasteiger partial charge in [-0.25, -0.2) is 9.13 Å². The first kappa shape index (κ1) is 78.1. The number of aliphatic hydroxyl groups is 1. The maximum Gasteiger partial charge on any atom is 0.472 e. The number of carbonyl (C=O) groups is 4. The molecule has 0 bridgehead atoms. The Morgan fingerprint density at radius 3 is 0.850 bits per heavy atom. The number of esters is 4. The molecule has 0 aromatic rings. The number of rotatable bonds is 61. The maximum atomic E-state index is 12.9. The van der Waals surface area contributed by atoms with Crippen LogP contribution < -0.4 is 0 Å². The summed E-state index contributed by atoms with van der Waals surface area (Å²) in [5, 5.41) is 10.5. The van der Waals surface area contributed by atoms with E-state index in [1.165, 1.54) is 122 Å². The van der Waals surface area contributed by atoms with Crippen molar-refractivity contribution in [1.82, 2.24) is 0 Å². The van der Waals surface area contributed by atoms with Gasteiger partial charge in [-0.05, 0) is 31.6 Å². The fraction of sp³-hybridized carbons (Fsp3) is 0.934. The van der Waals surface area contributed by atoms with Gasteiger partial charge in [0.2, 0.25) is 0 Å². The van der Waals surface area contributed by atoms with Crippen LogP contribution in [0.1, 0.15) is 304 Å². The highest BCUT2D eigenvalue weighted by atomic mass is 31.2. The molecule has 0 radical (unpaired) electrons. The number of hydrogen-bond donors (Lipinski definition) is 3. The molecular formula is C61H118O17P2. The van der Waals surface area contributed by atoms with Crippen LogP contribution in [0.4, 0.5) is 0 Å². The molecular weight excluding hydrogens is 1070 g/mol. The average molecular weight is 1190 g/mol. The Hall–Kier alpha value is -1.94. The number of phosphoric acid groups is 2. The molecule has 17 nitrogen and oxygen atoms in total. The standard InChI is InChI=1S/C61H118O17P2/c1-6-9-12-15-17-19-20-23-27-30-35-40-45-59(64)72-51-57(78-61(66)47-42-37-32-28-24-21-22-26-29-34-38-43-54(4)5)53-76-80(69,70)74-49-55(62)48-73-79(67,68)75-52-56(50-71-58(63)44-39-33-14-11-8-3)77-60(65)46-41-36-31-25-18-16-13-10-7-2/h54-57,62H,6-53H2,1-5H3,(H,67,68)(H,69,70)/t55-,56+,57+/m0/s1. The minimum absolute atomic E-state index is 0.105. The second kappa shape index (κ2) is 55.0. The fourth-order valence-corrected chi connectivity index (χ4v) is 10.6. The topological polar surface area (TPSA) is 237 Å².